The van der Waals surface area contributed by atoms with Crippen molar-refractivity contribution in [1.29, 1.82) is 0 Å². The van der Waals surface area contributed by atoms with E-state index in [2.05, 4.69) is 48.4 Å². The molecule has 192 valence electrons. The van der Waals surface area contributed by atoms with E-state index < -0.39 is 0 Å². The topological polar surface area (TPSA) is 80.7 Å². The molecule has 0 bridgehead atoms. The Hall–Kier alpha value is -4.01. The van der Waals surface area contributed by atoms with Crippen LogP contribution in [0.1, 0.15) is 18.9 Å². The summed E-state index contributed by atoms with van der Waals surface area (Å²) in [4.78, 5) is 9.82. The minimum Gasteiger partial charge on any atom is -0.497 e. The van der Waals surface area contributed by atoms with Crippen molar-refractivity contribution in [2.75, 3.05) is 38.9 Å². The highest BCUT2D eigenvalue weighted by Crippen LogP contribution is 2.33. The minimum atomic E-state index is -0.0661. The zero-order valence-corrected chi connectivity index (χ0v) is 22.4. The van der Waals surface area contributed by atoms with Crippen molar-refractivity contribution in [3.63, 3.8) is 0 Å². The van der Waals surface area contributed by atoms with Gasteiger partial charge in [0.25, 0.3) is 0 Å². The second-order valence-electron chi connectivity index (χ2n) is 9.30. The largest absolute Gasteiger partial charge is 0.497 e. The zero-order chi connectivity index (χ0) is 26.6. The lowest BCUT2D eigenvalue weighted by atomic mass is 10.1. The number of nitrogens with one attached hydrogen (secondary N) is 2. The van der Waals surface area contributed by atoms with Crippen LogP contribution in [0, 0.1) is 6.92 Å². The number of methoxy groups -OCH3 is 2. The van der Waals surface area contributed by atoms with Gasteiger partial charge < -0.3 is 20.1 Å². The lowest BCUT2D eigenvalue weighted by molar-refractivity contribution is 0.122. The van der Waals surface area contributed by atoms with Crippen LogP contribution in [0.4, 0.5) is 22.9 Å². The van der Waals surface area contributed by atoms with Crippen LogP contribution in [0.15, 0.2) is 65.8 Å². The Morgan fingerprint density at radius 3 is 2.49 bits per heavy atom. The predicted octanol–water partition coefficient (Wildman–Crippen LogP) is 6.33. The number of aromatic nitrogens is 2. The first-order chi connectivity index (χ1) is 17.8. The van der Waals surface area contributed by atoms with E-state index in [-0.39, 0.29) is 6.23 Å². The first-order valence-electron chi connectivity index (χ1n) is 12.2. The Bertz CT molecular complexity index is 1420. The molecule has 8 heteroatoms. The first kappa shape index (κ1) is 26.1. The van der Waals surface area contributed by atoms with Crippen molar-refractivity contribution < 1.29 is 9.47 Å². The van der Waals surface area contributed by atoms with Gasteiger partial charge in [-0.05, 0) is 55.8 Å². The lowest BCUT2D eigenvalue weighted by Crippen LogP contribution is -2.33. The fraction of sp³-hybridized carbons (Fsp3) is 0.276. The molecule has 0 fully saturated rings. The van der Waals surface area contributed by atoms with E-state index in [1.807, 2.05) is 62.6 Å². The highest BCUT2D eigenvalue weighted by atomic mass is 16.5. The maximum absolute atomic E-state index is 5.49. The highest BCUT2D eigenvalue weighted by Gasteiger charge is 2.20. The summed E-state index contributed by atoms with van der Waals surface area (Å²) in [5.41, 5.74) is 5.75. The molecule has 0 spiro atoms. The molecule has 8 nitrogen and oxygen atoms in total. The molecule has 1 unspecified atom stereocenters. The van der Waals surface area contributed by atoms with E-state index in [1.54, 1.807) is 14.2 Å². The molecule has 1 aromatic heterocycles. The van der Waals surface area contributed by atoms with Gasteiger partial charge in [0.2, 0.25) is 0 Å². The molecule has 0 radical (unpaired) electrons. The van der Waals surface area contributed by atoms with Crippen molar-refractivity contribution in [3.8, 4) is 17.1 Å². The number of fused-ring (bicyclic) bond motifs is 1. The SMILES string of the molecule is C=N[N+](C)(C)c1ccc(Nc2nc(-c3cccc(NC(CC)OC)c3)nc3ccc(OC)cc23)cc1C. The molecule has 0 aliphatic carbocycles. The number of benzene rings is 3. The third-order valence-electron chi connectivity index (χ3n) is 6.41. The summed E-state index contributed by atoms with van der Waals surface area (Å²) < 4.78 is 11.3. The summed E-state index contributed by atoms with van der Waals surface area (Å²) in [6, 6.07) is 20.0. The van der Waals surface area contributed by atoms with Gasteiger partial charge in [0.1, 0.15) is 17.8 Å². The zero-order valence-electron chi connectivity index (χ0n) is 22.4. The van der Waals surface area contributed by atoms with E-state index in [9.17, 15) is 0 Å². The van der Waals surface area contributed by atoms with Crippen LogP contribution in [0.25, 0.3) is 22.3 Å². The van der Waals surface area contributed by atoms with E-state index in [4.69, 9.17) is 19.4 Å². The molecule has 37 heavy (non-hydrogen) atoms. The van der Waals surface area contributed by atoms with Crippen LogP contribution in [0.3, 0.4) is 0 Å². The van der Waals surface area contributed by atoms with E-state index in [0.717, 1.165) is 51.3 Å². The molecule has 2 N–H and O–H groups in total. The fourth-order valence-corrected chi connectivity index (χ4v) is 4.28. The summed E-state index contributed by atoms with van der Waals surface area (Å²) in [7, 11) is 7.35. The first-order valence-corrected chi connectivity index (χ1v) is 12.2. The maximum atomic E-state index is 5.49. The summed E-state index contributed by atoms with van der Waals surface area (Å²) in [5, 5.41) is 12.0. The van der Waals surface area contributed by atoms with Crippen molar-refractivity contribution >= 4 is 40.5 Å². The van der Waals surface area contributed by atoms with Gasteiger partial charge in [0.05, 0.1) is 26.7 Å². The minimum absolute atomic E-state index is 0.0661. The summed E-state index contributed by atoms with van der Waals surface area (Å²) in [6.45, 7) is 7.87. The van der Waals surface area contributed by atoms with Crippen LogP contribution in [-0.2, 0) is 4.74 Å². The number of nitrogens with zero attached hydrogens (tertiary/aromatic N) is 4. The Morgan fingerprint density at radius 2 is 1.81 bits per heavy atom. The van der Waals surface area contributed by atoms with Crippen LogP contribution >= 0.6 is 0 Å². The number of hydrogen-bond acceptors (Lipinski definition) is 7. The standard InChI is InChI=1S/C29H35N6O2/c1-8-27(37-7)31-21-11-9-10-20(17-21)28-33-25-14-13-23(36-6)18-24(25)29(34-28)32-22-12-15-26(19(2)16-22)35(4,5)30-3/h9-18,27,31H,3,8H2,1-2,4-7H3,(H,32,33,34)/q+1. The third-order valence-corrected chi connectivity index (χ3v) is 6.41. The normalized spacial score (nSPS) is 12.3. The fourth-order valence-electron chi connectivity index (χ4n) is 4.28. The smallest absolute Gasteiger partial charge is 0.162 e. The van der Waals surface area contributed by atoms with E-state index in [1.165, 1.54) is 0 Å². The lowest BCUT2D eigenvalue weighted by Gasteiger charge is -2.23. The summed E-state index contributed by atoms with van der Waals surface area (Å²) in [6.07, 6.45) is 0.781. The van der Waals surface area contributed by atoms with Crippen molar-refractivity contribution in [1.82, 2.24) is 14.6 Å². The molecule has 0 saturated carbocycles. The van der Waals surface area contributed by atoms with E-state index >= 15 is 0 Å². The number of quaternary nitrogens is 1. The molecule has 4 aromatic rings. The predicted molar refractivity (Wildman–Crippen MR) is 154 cm³/mol. The number of aryl methyl sites for hydroxylation is 1. The molecular weight excluding hydrogens is 464 g/mol. The average Bonchev–Trinajstić information content (AvgIpc) is 2.91. The van der Waals surface area contributed by atoms with Crippen LogP contribution in [0.2, 0.25) is 0 Å². The molecule has 0 amide bonds. The number of ether oxygens (including phenoxy) is 2. The van der Waals surface area contributed by atoms with Gasteiger partial charge in [-0.2, -0.15) is 4.59 Å². The highest BCUT2D eigenvalue weighted by molar-refractivity contribution is 5.93. The quantitative estimate of drug-likeness (QED) is 0.115. The number of anilines is 3. The average molecular weight is 500 g/mol. The molecule has 0 saturated heterocycles. The van der Waals surface area contributed by atoms with Gasteiger partial charge in [-0.3, -0.25) is 0 Å². The van der Waals surface area contributed by atoms with Crippen molar-refractivity contribution in [3.05, 3.63) is 66.2 Å². The van der Waals surface area contributed by atoms with Crippen LogP contribution in [-0.4, -0.2) is 51.2 Å². The molecule has 0 aliphatic rings. The van der Waals surface area contributed by atoms with Crippen molar-refractivity contribution in [2.24, 2.45) is 5.10 Å². The summed E-state index contributed by atoms with van der Waals surface area (Å²) >= 11 is 0. The molecule has 4 rings (SSSR count). The molecular formula is C29H35N6O2+. The Labute approximate surface area is 218 Å². The van der Waals surface area contributed by atoms with Gasteiger partial charge in [0.15, 0.2) is 11.5 Å². The van der Waals surface area contributed by atoms with Crippen LogP contribution < -0.4 is 20.0 Å². The van der Waals surface area contributed by atoms with Gasteiger partial charge in [-0.25, -0.2) is 9.97 Å². The Balaban J connectivity index is 1.78. The third kappa shape index (κ3) is 5.71. The molecule has 0 aliphatic heterocycles. The van der Waals surface area contributed by atoms with E-state index in [0.29, 0.717) is 16.2 Å². The maximum Gasteiger partial charge on any atom is 0.162 e. The van der Waals surface area contributed by atoms with Crippen LogP contribution in [0.5, 0.6) is 5.75 Å². The molecule has 3 aromatic carbocycles. The summed E-state index contributed by atoms with van der Waals surface area (Å²) in [5.74, 6) is 2.06. The Morgan fingerprint density at radius 1 is 1.00 bits per heavy atom. The van der Waals surface area contributed by atoms with Gasteiger partial charge in [-0.15, -0.1) is 0 Å². The monoisotopic (exact) mass is 499 g/mol. The second-order valence-corrected chi connectivity index (χ2v) is 9.30. The van der Waals surface area contributed by atoms with Gasteiger partial charge >= 0.3 is 0 Å². The molecule has 1 heterocycles. The van der Waals surface area contributed by atoms with Crippen molar-refractivity contribution in [2.45, 2.75) is 26.5 Å². The van der Waals surface area contributed by atoms with Gasteiger partial charge in [-0.1, -0.05) is 24.2 Å². The van der Waals surface area contributed by atoms with Gasteiger partial charge in [0, 0.05) is 47.8 Å². The number of hydrogen-bond donors (Lipinski definition) is 2. The Kier molecular flexibility index (Phi) is 7.71. The molecule has 1 atom stereocenters. The second kappa shape index (κ2) is 10.9. The number of rotatable bonds is 10.